The van der Waals surface area contributed by atoms with E-state index in [1.807, 2.05) is 22.8 Å². The van der Waals surface area contributed by atoms with Crippen molar-refractivity contribution in [3.63, 3.8) is 0 Å². The maximum absolute atomic E-state index is 14.3. The summed E-state index contributed by atoms with van der Waals surface area (Å²) in [5, 5.41) is 3.25. The minimum Gasteiger partial charge on any atom is -0.310 e. The van der Waals surface area contributed by atoms with Crippen LogP contribution in [0, 0.1) is 0 Å². The summed E-state index contributed by atoms with van der Waals surface area (Å²) < 4.78 is 6.53. The average molecular weight is 459 g/mol. The predicted octanol–water partition coefficient (Wildman–Crippen LogP) is 4.84. The van der Waals surface area contributed by atoms with Crippen LogP contribution >= 0.6 is 0 Å². The van der Waals surface area contributed by atoms with Crippen LogP contribution in [0.2, 0.25) is 0 Å². The van der Waals surface area contributed by atoms with E-state index in [-0.39, 0.29) is 12.4 Å². The summed E-state index contributed by atoms with van der Waals surface area (Å²) in [7, 11) is 0. The molecule has 0 N–H and O–H groups in total. The van der Waals surface area contributed by atoms with Crippen LogP contribution in [0.25, 0.3) is 55.2 Å². The zero-order chi connectivity index (χ0) is 23.5. The highest BCUT2D eigenvalue weighted by Gasteiger charge is 2.44. The standard InChI is InChI=1S/C31H18BN3O/c36-31-28-20(19-9-2-1-3-10-19)12-7-16-25(28)34-27-18-8-17-26-29(27)32(35(31)34)23-14-6-13-22-21-11-4-5-15-24(21)33(26)30(22)23/h1-18H. The molecular weight excluding hydrogens is 441 g/mol. The van der Waals surface area contributed by atoms with Gasteiger partial charge in [-0.2, -0.15) is 0 Å². The number of fused-ring (bicyclic) bond motifs is 10. The van der Waals surface area contributed by atoms with Crippen molar-refractivity contribution in [3.05, 3.63) is 120 Å². The molecule has 5 aromatic carbocycles. The van der Waals surface area contributed by atoms with Crippen molar-refractivity contribution in [2.75, 3.05) is 0 Å². The molecule has 0 unspecified atom stereocenters. The highest BCUT2D eigenvalue weighted by atomic mass is 16.1. The average Bonchev–Trinajstić information content (AvgIpc) is 3.56. The Hall–Kier alpha value is -4.77. The van der Waals surface area contributed by atoms with Gasteiger partial charge in [-0.05, 0) is 40.9 Å². The Morgan fingerprint density at radius 3 is 2.25 bits per heavy atom. The van der Waals surface area contributed by atoms with Crippen LogP contribution in [0.1, 0.15) is 0 Å². The molecule has 0 saturated carbocycles. The van der Waals surface area contributed by atoms with Gasteiger partial charge in [0.2, 0.25) is 0 Å². The quantitative estimate of drug-likeness (QED) is 0.324. The molecule has 166 valence electrons. The summed E-state index contributed by atoms with van der Waals surface area (Å²) in [6.07, 6.45) is 0. The number of aromatic nitrogens is 3. The van der Waals surface area contributed by atoms with Crippen molar-refractivity contribution in [2.24, 2.45) is 0 Å². The van der Waals surface area contributed by atoms with Gasteiger partial charge < -0.3 is 4.57 Å². The van der Waals surface area contributed by atoms with Gasteiger partial charge in [0, 0.05) is 21.9 Å². The zero-order valence-electron chi connectivity index (χ0n) is 19.2. The van der Waals surface area contributed by atoms with Gasteiger partial charge in [0.1, 0.15) is 0 Å². The van der Waals surface area contributed by atoms with Crippen LogP contribution in [0.5, 0.6) is 0 Å². The number of para-hydroxylation sites is 2. The second kappa shape index (κ2) is 6.26. The lowest BCUT2D eigenvalue weighted by molar-refractivity contribution is 0.830. The van der Waals surface area contributed by atoms with Gasteiger partial charge in [0.25, 0.3) is 5.56 Å². The van der Waals surface area contributed by atoms with Crippen molar-refractivity contribution in [2.45, 2.75) is 0 Å². The molecule has 2 aromatic heterocycles. The molecule has 2 aliphatic rings. The van der Waals surface area contributed by atoms with Crippen LogP contribution in [0.4, 0.5) is 0 Å². The molecule has 7 aromatic rings. The third-order valence-electron chi connectivity index (χ3n) is 8.06. The lowest BCUT2D eigenvalue weighted by atomic mass is 9.49. The van der Waals surface area contributed by atoms with Gasteiger partial charge in [-0.1, -0.05) is 84.9 Å². The molecule has 36 heavy (non-hydrogen) atoms. The molecule has 0 fully saturated rings. The van der Waals surface area contributed by atoms with Gasteiger partial charge in [0.15, 0.2) is 0 Å². The lowest BCUT2D eigenvalue weighted by Crippen LogP contribution is -2.53. The molecule has 4 heterocycles. The van der Waals surface area contributed by atoms with E-state index < -0.39 is 0 Å². The molecule has 0 atom stereocenters. The number of hydrogen-bond acceptors (Lipinski definition) is 1. The third kappa shape index (κ3) is 1.99. The summed E-state index contributed by atoms with van der Waals surface area (Å²) in [4.78, 5) is 14.3. The smallest absolute Gasteiger partial charge is 0.310 e. The van der Waals surface area contributed by atoms with Crippen molar-refractivity contribution in [1.29, 1.82) is 0 Å². The molecule has 0 spiro atoms. The first-order chi connectivity index (χ1) is 17.8. The molecule has 0 aliphatic carbocycles. The number of nitrogens with zero attached hydrogens (tertiary/aromatic N) is 3. The number of benzene rings is 5. The molecule has 2 aliphatic heterocycles. The van der Waals surface area contributed by atoms with Crippen molar-refractivity contribution in [1.82, 2.24) is 13.8 Å². The van der Waals surface area contributed by atoms with Crippen molar-refractivity contribution >= 4 is 50.5 Å². The molecule has 0 bridgehead atoms. The van der Waals surface area contributed by atoms with Gasteiger partial charge in [-0.3, -0.25) is 14.1 Å². The van der Waals surface area contributed by atoms with Gasteiger partial charge in [0.05, 0.1) is 27.6 Å². The van der Waals surface area contributed by atoms with Gasteiger partial charge >= 0.3 is 6.85 Å². The first-order valence-corrected chi connectivity index (χ1v) is 12.3. The van der Waals surface area contributed by atoms with E-state index in [1.54, 1.807) is 0 Å². The summed E-state index contributed by atoms with van der Waals surface area (Å²) in [6, 6.07) is 38.0. The van der Waals surface area contributed by atoms with E-state index in [9.17, 15) is 4.79 Å². The summed E-state index contributed by atoms with van der Waals surface area (Å²) in [6.45, 7) is -0.166. The number of hydrogen-bond donors (Lipinski definition) is 0. The second-order valence-electron chi connectivity index (χ2n) is 9.74. The molecular formula is C31H18BN3O. The van der Waals surface area contributed by atoms with E-state index >= 15 is 0 Å². The SMILES string of the molecule is O=c1c2c(-c3ccccc3)cccc2n2n1B1c3c(cccc3-2)-n2c3ccccc3c3cccc1c32. The second-order valence-corrected chi connectivity index (χ2v) is 9.74. The first kappa shape index (κ1) is 18.5. The fourth-order valence-electron chi connectivity index (χ4n) is 6.73. The fraction of sp³-hybridized carbons (Fsp3) is 0. The summed E-state index contributed by atoms with van der Waals surface area (Å²) in [5.41, 5.74) is 10.0. The Labute approximate surface area is 206 Å². The van der Waals surface area contributed by atoms with Crippen LogP contribution in [0.3, 0.4) is 0 Å². The van der Waals surface area contributed by atoms with E-state index in [0.29, 0.717) is 0 Å². The topological polar surface area (TPSA) is 31.9 Å². The van der Waals surface area contributed by atoms with E-state index in [0.717, 1.165) is 33.4 Å². The van der Waals surface area contributed by atoms with Crippen LogP contribution in [-0.2, 0) is 0 Å². The van der Waals surface area contributed by atoms with Crippen LogP contribution < -0.4 is 16.5 Å². The zero-order valence-corrected chi connectivity index (χ0v) is 19.2. The minimum absolute atomic E-state index is 0.0539. The monoisotopic (exact) mass is 459 g/mol. The van der Waals surface area contributed by atoms with Crippen LogP contribution in [-0.4, -0.2) is 20.7 Å². The Kier molecular flexibility index (Phi) is 3.23. The highest BCUT2D eigenvalue weighted by molar-refractivity contribution is 6.88. The summed E-state index contributed by atoms with van der Waals surface area (Å²) in [5.74, 6) is 0. The Bertz CT molecular complexity index is 2130. The maximum Gasteiger partial charge on any atom is 0.357 e. The molecule has 0 saturated heterocycles. The molecule has 9 rings (SSSR count). The molecule has 0 radical (unpaired) electrons. The number of rotatable bonds is 1. The Balaban J connectivity index is 1.47. The highest BCUT2D eigenvalue weighted by Crippen LogP contribution is 2.37. The Morgan fingerprint density at radius 1 is 0.611 bits per heavy atom. The third-order valence-corrected chi connectivity index (χ3v) is 8.06. The molecule has 5 heteroatoms. The van der Waals surface area contributed by atoms with Crippen LogP contribution in [0.15, 0.2) is 114 Å². The maximum atomic E-state index is 14.3. The largest absolute Gasteiger partial charge is 0.357 e. The minimum atomic E-state index is -0.166. The Morgan fingerprint density at radius 2 is 1.33 bits per heavy atom. The van der Waals surface area contributed by atoms with Crippen molar-refractivity contribution in [3.8, 4) is 22.5 Å². The molecule has 0 amide bonds. The predicted molar refractivity (Wildman–Crippen MR) is 148 cm³/mol. The van der Waals surface area contributed by atoms with Gasteiger partial charge in [-0.15, -0.1) is 0 Å². The fourth-order valence-corrected chi connectivity index (χ4v) is 6.73. The van der Waals surface area contributed by atoms with Gasteiger partial charge in [-0.25, -0.2) is 0 Å². The van der Waals surface area contributed by atoms with E-state index in [1.165, 1.54) is 32.7 Å². The van der Waals surface area contributed by atoms with Crippen molar-refractivity contribution < 1.29 is 0 Å². The van der Waals surface area contributed by atoms with E-state index in [2.05, 4.69) is 100 Å². The summed E-state index contributed by atoms with van der Waals surface area (Å²) >= 11 is 0. The molecule has 4 nitrogen and oxygen atoms in total. The normalized spacial score (nSPS) is 13.1. The van der Waals surface area contributed by atoms with E-state index in [4.69, 9.17) is 0 Å². The first-order valence-electron chi connectivity index (χ1n) is 12.3. The lowest BCUT2D eigenvalue weighted by Gasteiger charge is -2.23.